The van der Waals surface area contributed by atoms with Gasteiger partial charge in [0.15, 0.2) is 5.75 Å². The molecule has 0 atom stereocenters. The number of hydrogen-bond acceptors (Lipinski definition) is 1. The molecule has 0 aliphatic heterocycles. The fourth-order valence-electron chi connectivity index (χ4n) is 1.27. The highest BCUT2D eigenvalue weighted by Crippen LogP contribution is 2.47. The van der Waals surface area contributed by atoms with Crippen LogP contribution < -0.4 is 4.74 Å². The molecule has 114 valence electrons. The van der Waals surface area contributed by atoms with E-state index >= 15 is 0 Å². The highest BCUT2D eigenvalue weighted by atomic mass is 127. The minimum Gasteiger partial charge on any atom is -0.404 e. The molecule has 0 fully saturated rings. The van der Waals surface area contributed by atoms with Crippen LogP contribution in [0.4, 0.5) is 39.5 Å². The number of benzene rings is 1. The van der Waals surface area contributed by atoms with E-state index in [-0.39, 0.29) is 6.07 Å². The van der Waals surface area contributed by atoms with Crippen LogP contribution in [0.15, 0.2) is 12.1 Å². The van der Waals surface area contributed by atoms with Crippen molar-refractivity contribution in [1.82, 2.24) is 0 Å². The van der Waals surface area contributed by atoms with E-state index in [0.717, 1.165) is 22.6 Å². The molecule has 0 spiro atoms. The Morgan fingerprint density at radius 1 is 0.800 bits per heavy atom. The van der Waals surface area contributed by atoms with Crippen LogP contribution in [0.3, 0.4) is 0 Å². The van der Waals surface area contributed by atoms with E-state index in [2.05, 4.69) is 4.74 Å². The summed E-state index contributed by atoms with van der Waals surface area (Å²) in [5.74, 6) is -2.30. The lowest BCUT2D eigenvalue weighted by Crippen LogP contribution is -2.24. The van der Waals surface area contributed by atoms with Gasteiger partial charge in [-0.2, -0.15) is 26.3 Å². The first-order chi connectivity index (χ1) is 8.73. The second-order valence-corrected chi connectivity index (χ2v) is 4.50. The van der Waals surface area contributed by atoms with Crippen LogP contribution in [-0.2, 0) is 12.4 Å². The van der Waals surface area contributed by atoms with Crippen molar-refractivity contribution in [1.29, 1.82) is 0 Å². The van der Waals surface area contributed by atoms with Gasteiger partial charge >= 0.3 is 18.7 Å². The monoisotopic (exact) mass is 424 g/mol. The molecular weight excluding hydrogens is 422 g/mol. The number of ether oxygens (including phenoxy) is 1. The second kappa shape index (κ2) is 5.15. The van der Waals surface area contributed by atoms with Crippen molar-refractivity contribution in [3.05, 3.63) is 26.8 Å². The highest BCUT2D eigenvalue weighted by Gasteiger charge is 2.47. The van der Waals surface area contributed by atoms with Crippen LogP contribution >= 0.6 is 22.6 Å². The fraction of sp³-hybridized carbons (Fsp3) is 0.333. The van der Waals surface area contributed by atoms with Gasteiger partial charge in [-0.1, -0.05) is 0 Å². The Labute approximate surface area is 118 Å². The molecule has 1 rings (SSSR count). The molecule has 0 N–H and O–H groups in total. The van der Waals surface area contributed by atoms with Gasteiger partial charge in [-0.05, 0) is 34.7 Å². The standard InChI is InChI=1S/C9H2F9IO/c10-7(11,12)3-1-2-4(19)5(8(13,14)15)6(3)20-9(16,17)18/h1-2H. The molecule has 0 bridgehead atoms. The largest absolute Gasteiger partial charge is 0.573 e. The molecule has 0 aliphatic carbocycles. The first-order valence-corrected chi connectivity index (χ1v) is 5.54. The zero-order chi connectivity index (χ0) is 15.9. The van der Waals surface area contributed by atoms with Crippen molar-refractivity contribution < 1.29 is 44.3 Å². The van der Waals surface area contributed by atoms with E-state index in [1.54, 1.807) is 0 Å². The minimum atomic E-state index is -5.69. The third kappa shape index (κ3) is 4.06. The van der Waals surface area contributed by atoms with E-state index in [1.807, 2.05) is 0 Å². The molecule has 20 heavy (non-hydrogen) atoms. The summed E-state index contributed by atoms with van der Waals surface area (Å²) in [6.07, 6.45) is -16.5. The molecule has 0 saturated heterocycles. The van der Waals surface area contributed by atoms with E-state index in [0.29, 0.717) is 6.07 Å². The molecule has 0 heterocycles. The molecule has 1 aromatic rings. The van der Waals surface area contributed by atoms with Gasteiger partial charge < -0.3 is 4.74 Å². The van der Waals surface area contributed by atoms with Crippen LogP contribution in [0.1, 0.15) is 11.1 Å². The highest BCUT2D eigenvalue weighted by molar-refractivity contribution is 14.1. The van der Waals surface area contributed by atoms with Crippen LogP contribution in [0, 0.1) is 3.57 Å². The van der Waals surface area contributed by atoms with Gasteiger partial charge in [0, 0.05) is 3.57 Å². The SMILES string of the molecule is FC(F)(F)Oc1c(C(F)(F)F)ccc(I)c1C(F)(F)F. The van der Waals surface area contributed by atoms with Gasteiger partial charge in [0.2, 0.25) is 0 Å². The predicted molar refractivity (Wildman–Crippen MR) is 55.8 cm³/mol. The van der Waals surface area contributed by atoms with Gasteiger partial charge in [0.25, 0.3) is 0 Å². The van der Waals surface area contributed by atoms with E-state index in [1.165, 1.54) is 0 Å². The zero-order valence-corrected chi connectivity index (χ0v) is 11.0. The van der Waals surface area contributed by atoms with Gasteiger partial charge in [-0.3, -0.25) is 0 Å². The lowest BCUT2D eigenvalue weighted by atomic mass is 10.1. The van der Waals surface area contributed by atoms with Crippen LogP contribution in [0.5, 0.6) is 5.75 Å². The molecule has 1 aromatic carbocycles. The van der Waals surface area contributed by atoms with E-state index in [4.69, 9.17) is 0 Å². The number of alkyl halides is 9. The van der Waals surface area contributed by atoms with Crippen molar-refractivity contribution >= 4 is 22.6 Å². The van der Waals surface area contributed by atoms with Gasteiger partial charge in [0.1, 0.15) is 5.56 Å². The smallest absolute Gasteiger partial charge is 0.404 e. The summed E-state index contributed by atoms with van der Waals surface area (Å²) in [4.78, 5) is 0. The number of rotatable bonds is 1. The van der Waals surface area contributed by atoms with Crippen molar-refractivity contribution in [3.8, 4) is 5.75 Å². The Morgan fingerprint density at radius 3 is 1.65 bits per heavy atom. The Balaban J connectivity index is 3.65. The maximum Gasteiger partial charge on any atom is 0.573 e. The Kier molecular flexibility index (Phi) is 4.42. The molecule has 0 radical (unpaired) electrons. The van der Waals surface area contributed by atoms with Crippen molar-refractivity contribution in [2.75, 3.05) is 0 Å². The minimum absolute atomic E-state index is 0.0953. The number of hydrogen-bond donors (Lipinski definition) is 0. The summed E-state index contributed by atoms with van der Waals surface area (Å²) in [6, 6.07) is 0.507. The maximum absolute atomic E-state index is 12.6. The molecule has 0 amide bonds. The lowest BCUT2D eigenvalue weighted by molar-refractivity contribution is -0.278. The quantitative estimate of drug-likeness (QED) is 0.444. The summed E-state index contributed by atoms with van der Waals surface area (Å²) in [6.45, 7) is 0. The maximum atomic E-state index is 12.6. The Bertz CT molecular complexity index is 500. The summed E-state index contributed by atoms with van der Waals surface area (Å²) < 4.78 is 114. The van der Waals surface area contributed by atoms with Crippen molar-refractivity contribution in [2.45, 2.75) is 18.7 Å². The van der Waals surface area contributed by atoms with Crippen LogP contribution in [0.2, 0.25) is 0 Å². The number of halogens is 10. The normalized spacial score (nSPS) is 13.5. The molecule has 0 saturated carbocycles. The second-order valence-electron chi connectivity index (χ2n) is 3.34. The third-order valence-electron chi connectivity index (χ3n) is 1.91. The summed E-state index contributed by atoms with van der Waals surface area (Å²) in [5.41, 5.74) is -4.27. The summed E-state index contributed by atoms with van der Waals surface area (Å²) in [5, 5.41) is 0. The topological polar surface area (TPSA) is 9.23 Å². The zero-order valence-electron chi connectivity index (χ0n) is 8.84. The van der Waals surface area contributed by atoms with E-state index in [9.17, 15) is 39.5 Å². The lowest BCUT2D eigenvalue weighted by Gasteiger charge is -2.20. The predicted octanol–water partition coefficient (Wildman–Crippen LogP) is 5.23. The first kappa shape index (κ1) is 17.2. The average molecular weight is 424 g/mol. The molecule has 0 aromatic heterocycles. The van der Waals surface area contributed by atoms with Crippen molar-refractivity contribution in [3.63, 3.8) is 0 Å². The molecule has 0 aliphatic rings. The van der Waals surface area contributed by atoms with E-state index < -0.39 is 39.2 Å². The molecule has 11 heteroatoms. The molecule has 0 unspecified atom stereocenters. The van der Waals surface area contributed by atoms with Crippen LogP contribution in [-0.4, -0.2) is 6.36 Å². The van der Waals surface area contributed by atoms with Gasteiger partial charge in [0.05, 0.1) is 5.56 Å². The Morgan fingerprint density at radius 2 is 1.30 bits per heavy atom. The summed E-state index contributed by atoms with van der Waals surface area (Å²) >= 11 is 0.973. The fourth-order valence-corrected chi connectivity index (χ4v) is 2.00. The summed E-state index contributed by atoms with van der Waals surface area (Å²) in [7, 11) is 0. The van der Waals surface area contributed by atoms with Gasteiger partial charge in [-0.15, -0.1) is 13.2 Å². The molecule has 1 nitrogen and oxygen atoms in total. The Hall–Kier alpha value is -0.880. The first-order valence-electron chi connectivity index (χ1n) is 4.46. The van der Waals surface area contributed by atoms with Gasteiger partial charge in [-0.25, -0.2) is 0 Å². The van der Waals surface area contributed by atoms with Crippen LogP contribution in [0.25, 0.3) is 0 Å². The third-order valence-corrected chi connectivity index (χ3v) is 2.81. The average Bonchev–Trinajstić information content (AvgIpc) is 2.09. The molecular formula is C9H2F9IO. The van der Waals surface area contributed by atoms with Crippen molar-refractivity contribution in [2.24, 2.45) is 0 Å².